The van der Waals surface area contributed by atoms with Crippen molar-refractivity contribution < 1.29 is 4.84 Å². The van der Waals surface area contributed by atoms with Gasteiger partial charge in [0, 0.05) is 6.42 Å². The average molecular weight is 126 g/mol. The molecular weight excluding hydrogens is 120 g/mol. The number of hydrogen-bond acceptors (Lipinski definition) is 4. The number of nitrogens with zero attached hydrogens (tertiary/aromatic N) is 1. The quantitative estimate of drug-likeness (QED) is 0.406. The summed E-state index contributed by atoms with van der Waals surface area (Å²) in [5.41, 5.74) is 1.82. The lowest BCUT2D eigenvalue weighted by molar-refractivity contribution is 0.0325. The molecule has 1 aliphatic carbocycles. The van der Waals surface area contributed by atoms with Crippen molar-refractivity contribution in [2.24, 2.45) is 5.18 Å². The van der Waals surface area contributed by atoms with Crippen molar-refractivity contribution in [2.75, 3.05) is 0 Å². The molecule has 0 aromatic carbocycles. The van der Waals surface area contributed by atoms with Gasteiger partial charge < -0.3 is 0 Å². The summed E-state index contributed by atoms with van der Waals surface area (Å²) in [6.45, 7) is 0. The highest BCUT2D eigenvalue weighted by Gasteiger charge is 2.43. The van der Waals surface area contributed by atoms with Crippen molar-refractivity contribution in [1.82, 2.24) is 5.48 Å². The molecule has 0 spiro atoms. The fraction of sp³-hybridized carbons (Fsp3) is 0.600. The maximum atomic E-state index is 10.1. The second kappa shape index (κ2) is 1.40. The molecule has 0 aromatic rings. The predicted octanol–water partition coefficient (Wildman–Crippen LogP) is 0.312. The van der Waals surface area contributed by atoms with Gasteiger partial charge in [0.1, 0.15) is 6.10 Å². The van der Waals surface area contributed by atoms with Gasteiger partial charge in [-0.15, -0.1) is 4.91 Å². The monoisotopic (exact) mass is 126 g/mol. The van der Waals surface area contributed by atoms with Crippen LogP contribution in [0.1, 0.15) is 6.42 Å². The topological polar surface area (TPSA) is 50.7 Å². The van der Waals surface area contributed by atoms with Crippen LogP contribution in [-0.2, 0) is 4.84 Å². The van der Waals surface area contributed by atoms with Crippen LogP contribution in [0.3, 0.4) is 0 Å². The molecule has 9 heavy (non-hydrogen) atoms. The highest BCUT2D eigenvalue weighted by atomic mass is 16.7. The fourth-order valence-electron chi connectivity index (χ4n) is 1.13. The predicted molar refractivity (Wildman–Crippen MR) is 30.3 cm³/mol. The minimum absolute atomic E-state index is 0.0581. The Bertz CT molecular complexity index is 180. The van der Waals surface area contributed by atoms with E-state index >= 15 is 0 Å². The van der Waals surface area contributed by atoms with Crippen LogP contribution in [0, 0.1) is 4.91 Å². The average Bonchev–Trinajstić information content (AvgIpc) is 2.46. The van der Waals surface area contributed by atoms with Crippen LogP contribution < -0.4 is 5.48 Å². The lowest BCUT2D eigenvalue weighted by Crippen LogP contribution is -2.33. The molecule has 2 unspecified atom stereocenters. The summed E-state index contributed by atoms with van der Waals surface area (Å²) in [5.74, 6) is 0. The standard InChI is InChI=1S/C5H6N2O2/c8-6-5-2-1-4(3-5)9-7-5/h1-2,4,7H,3H2. The largest absolute Gasteiger partial charge is 0.291 e. The van der Waals surface area contributed by atoms with E-state index < -0.39 is 5.66 Å². The van der Waals surface area contributed by atoms with Crippen LogP contribution in [0.2, 0.25) is 0 Å². The van der Waals surface area contributed by atoms with E-state index in [0.29, 0.717) is 6.42 Å². The molecule has 48 valence electrons. The molecule has 2 atom stereocenters. The zero-order valence-corrected chi connectivity index (χ0v) is 4.70. The van der Waals surface area contributed by atoms with Crippen molar-refractivity contribution in [3.8, 4) is 0 Å². The fourth-order valence-corrected chi connectivity index (χ4v) is 1.13. The molecule has 4 heteroatoms. The number of rotatable bonds is 1. The van der Waals surface area contributed by atoms with Crippen LogP contribution in [0.5, 0.6) is 0 Å². The van der Waals surface area contributed by atoms with E-state index in [1.54, 1.807) is 6.08 Å². The second-order valence-corrected chi connectivity index (χ2v) is 2.34. The van der Waals surface area contributed by atoms with Crippen molar-refractivity contribution in [1.29, 1.82) is 0 Å². The number of hydroxylamine groups is 1. The molecule has 1 fully saturated rings. The maximum absolute atomic E-state index is 10.1. The molecule has 0 radical (unpaired) electrons. The van der Waals surface area contributed by atoms with Gasteiger partial charge in [-0.25, -0.2) is 0 Å². The smallest absolute Gasteiger partial charge is 0.195 e. The SMILES string of the molecule is O=NC12C=CC(C1)ON2. The zero-order valence-electron chi connectivity index (χ0n) is 4.70. The van der Waals surface area contributed by atoms with Crippen molar-refractivity contribution in [3.63, 3.8) is 0 Å². The Balaban J connectivity index is 2.33. The first-order valence-electron chi connectivity index (χ1n) is 2.81. The lowest BCUT2D eigenvalue weighted by Gasteiger charge is -2.11. The summed E-state index contributed by atoms with van der Waals surface area (Å²) in [5, 5.41) is 2.91. The Morgan fingerprint density at radius 1 is 1.89 bits per heavy atom. The Hall–Kier alpha value is -0.740. The highest BCUT2D eigenvalue weighted by molar-refractivity contribution is 5.18. The molecular formula is C5H6N2O2. The number of nitrogens with one attached hydrogen (secondary N) is 1. The Labute approximate surface area is 51.8 Å². The Morgan fingerprint density at radius 2 is 2.78 bits per heavy atom. The first-order valence-corrected chi connectivity index (χ1v) is 2.81. The third-order valence-electron chi connectivity index (χ3n) is 1.65. The molecule has 2 bridgehead atoms. The van der Waals surface area contributed by atoms with Crippen LogP contribution in [0.25, 0.3) is 0 Å². The van der Waals surface area contributed by atoms with Gasteiger partial charge in [0.2, 0.25) is 0 Å². The Kier molecular flexibility index (Phi) is 0.789. The first-order chi connectivity index (χ1) is 4.35. The molecule has 0 saturated carbocycles. The second-order valence-electron chi connectivity index (χ2n) is 2.34. The van der Waals surface area contributed by atoms with E-state index in [1.807, 2.05) is 6.08 Å². The van der Waals surface area contributed by atoms with Crippen molar-refractivity contribution in [3.05, 3.63) is 17.1 Å². The van der Waals surface area contributed by atoms with Gasteiger partial charge in [0.05, 0.1) is 0 Å². The summed E-state index contributed by atoms with van der Waals surface area (Å²) >= 11 is 0. The molecule has 1 saturated heterocycles. The zero-order chi connectivity index (χ0) is 6.32. The molecule has 2 rings (SSSR count). The van der Waals surface area contributed by atoms with E-state index in [4.69, 9.17) is 4.84 Å². The molecule has 0 amide bonds. The minimum Gasteiger partial charge on any atom is -0.291 e. The third kappa shape index (κ3) is 0.541. The van der Waals surface area contributed by atoms with Crippen LogP contribution in [0.4, 0.5) is 0 Å². The maximum Gasteiger partial charge on any atom is 0.195 e. The van der Waals surface area contributed by atoms with Gasteiger partial charge in [-0.1, -0.05) is 6.08 Å². The van der Waals surface area contributed by atoms with Gasteiger partial charge in [0.25, 0.3) is 0 Å². The highest BCUT2D eigenvalue weighted by Crippen LogP contribution is 2.31. The van der Waals surface area contributed by atoms with E-state index in [2.05, 4.69) is 10.7 Å². The number of nitroso groups, excluding NO2 is 1. The molecule has 0 aromatic heterocycles. The van der Waals surface area contributed by atoms with E-state index in [9.17, 15) is 4.91 Å². The molecule has 1 heterocycles. The van der Waals surface area contributed by atoms with Gasteiger partial charge >= 0.3 is 0 Å². The van der Waals surface area contributed by atoms with Gasteiger partial charge in [-0.05, 0) is 11.3 Å². The first kappa shape index (κ1) is 5.08. The Morgan fingerprint density at radius 3 is 3.00 bits per heavy atom. The minimum atomic E-state index is -0.731. The number of hydrogen-bond donors (Lipinski definition) is 1. The summed E-state index contributed by atoms with van der Waals surface area (Å²) in [4.78, 5) is 15.1. The molecule has 1 N–H and O–H groups in total. The van der Waals surface area contributed by atoms with E-state index in [1.165, 1.54) is 0 Å². The van der Waals surface area contributed by atoms with E-state index in [0.717, 1.165) is 0 Å². The van der Waals surface area contributed by atoms with Crippen LogP contribution in [-0.4, -0.2) is 11.8 Å². The van der Waals surface area contributed by atoms with Gasteiger partial charge in [-0.3, -0.25) is 4.84 Å². The van der Waals surface area contributed by atoms with Crippen molar-refractivity contribution >= 4 is 0 Å². The molecule has 4 nitrogen and oxygen atoms in total. The lowest BCUT2D eigenvalue weighted by atomic mass is 10.2. The summed E-state index contributed by atoms with van der Waals surface area (Å²) < 4.78 is 0. The van der Waals surface area contributed by atoms with Crippen LogP contribution in [0.15, 0.2) is 17.3 Å². The summed E-state index contributed by atoms with van der Waals surface area (Å²) in [6, 6.07) is 0. The molecule has 1 aliphatic heterocycles. The third-order valence-corrected chi connectivity index (χ3v) is 1.65. The summed E-state index contributed by atoms with van der Waals surface area (Å²) in [7, 11) is 0. The summed E-state index contributed by atoms with van der Waals surface area (Å²) in [6.07, 6.45) is 4.30. The van der Waals surface area contributed by atoms with Gasteiger partial charge in [0.15, 0.2) is 5.66 Å². The van der Waals surface area contributed by atoms with Crippen molar-refractivity contribution in [2.45, 2.75) is 18.2 Å². The van der Waals surface area contributed by atoms with E-state index in [-0.39, 0.29) is 6.10 Å². The van der Waals surface area contributed by atoms with Crippen LogP contribution >= 0.6 is 0 Å². The normalized spacial score (nSPS) is 46.0. The number of fused-ring (bicyclic) bond motifs is 2. The van der Waals surface area contributed by atoms with Gasteiger partial charge in [-0.2, -0.15) is 5.48 Å². The molecule has 2 aliphatic rings.